The van der Waals surface area contributed by atoms with Crippen molar-refractivity contribution in [3.63, 3.8) is 0 Å². The van der Waals surface area contributed by atoms with Crippen LogP contribution in [-0.4, -0.2) is 29.0 Å². The maximum Gasteiger partial charge on any atom is 0.270 e. The third kappa shape index (κ3) is 3.42. The fourth-order valence-corrected chi connectivity index (χ4v) is 2.87. The lowest BCUT2D eigenvalue weighted by atomic mass is 10.3. The van der Waals surface area contributed by atoms with Gasteiger partial charge in [-0.25, -0.2) is 0 Å². The standard InChI is InChI=1S/C15H21N3OS/c1-3-7-18-11-12(16)10-14(18)15(19)17(2)8-6-13-5-4-9-20-13/h4-5,9-11H,3,6-8,16H2,1-2H3. The third-order valence-electron chi connectivity index (χ3n) is 3.22. The number of nitrogens with two attached hydrogens (primary N) is 1. The summed E-state index contributed by atoms with van der Waals surface area (Å²) >= 11 is 1.72. The smallest absolute Gasteiger partial charge is 0.270 e. The summed E-state index contributed by atoms with van der Waals surface area (Å²) in [5.41, 5.74) is 7.13. The van der Waals surface area contributed by atoms with Crippen LogP contribution in [0.3, 0.4) is 0 Å². The van der Waals surface area contributed by atoms with Crippen molar-refractivity contribution in [1.29, 1.82) is 0 Å². The number of aromatic nitrogens is 1. The molecule has 108 valence electrons. The first-order chi connectivity index (χ1) is 9.61. The normalized spacial score (nSPS) is 10.7. The van der Waals surface area contributed by atoms with E-state index in [4.69, 9.17) is 5.73 Å². The van der Waals surface area contributed by atoms with Gasteiger partial charge in [0, 0.05) is 31.2 Å². The van der Waals surface area contributed by atoms with Gasteiger partial charge in [-0.05, 0) is 30.4 Å². The second kappa shape index (κ2) is 6.61. The maximum atomic E-state index is 12.5. The quantitative estimate of drug-likeness (QED) is 0.889. The summed E-state index contributed by atoms with van der Waals surface area (Å²) in [6, 6.07) is 5.90. The number of nitrogens with zero attached hydrogens (tertiary/aromatic N) is 2. The average Bonchev–Trinajstić information content (AvgIpc) is 3.05. The van der Waals surface area contributed by atoms with Crippen molar-refractivity contribution in [2.24, 2.45) is 0 Å². The predicted octanol–water partition coefficient (Wildman–Crippen LogP) is 2.86. The molecule has 0 aliphatic carbocycles. The number of aryl methyl sites for hydroxylation is 1. The first-order valence-electron chi connectivity index (χ1n) is 6.85. The molecule has 0 bridgehead atoms. The van der Waals surface area contributed by atoms with Crippen LogP contribution < -0.4 is 5.73 Å². The molecule has 0 saturated carbocycles. The lowest BCUT2D eigenvalue weighted by Gasteiger charge is -2.18. The highest BCUT2D eigenvalue weighted by Gasteiger charge is 2.16. The highest BCUT2D eigenvalue weighted by atomic mass is 32.1. The van der Waals surface area contributed by atoms with Crippen LogP contribution in [0.25, 0.3) is 0 Å². The minimum Gasteiger partial charge on any atom is -0.397 e. The molecule has 0 radical (unpaired) electrons. The zero-order valence-corrected chi connectivity index (χ0v) is 12.8. The van der Waals surface area contributed by atoms with Gasteiger partial charge in [-0.2, -0.15) is 0 Å². The summed E-state index contributed by atoms with van der Waals surface area (Å²) in [6.07, 6.45) is 3.71. The highest BCUT2D eigenvalue weighted by molar-refractivity contribution is 7.09. The molecule has 1 amide bonds. The lowest BCUT2D eigenvalue weighted by molar-refractivity contribution is 0.0786. The summed E-state index contributed by atoms with van der Waals surface area (Å²) < 4.78 is 1.94. The van der Waals surface area contributed by atoms with Gasteiger partial charge in [-0.1, -0.05) is 13.0 Å². The molecule has 0 atom stereocenters. The Morgan fingerprint density at radius 2 is 2.30 bits per heavy atom. The molecule has 2 heterocycles. The van der Waals surface area contributed by atoms with Gasteiger partial charge < -0.3 is 15.2 Å². The van der Waals surface area contributed by atoms with Gasteiger partial charge in [-0.3, -0.25) is 4.79 Å². The van der Waals surface area contributed by atoms with E-state index in [1.807, 2.05) is 23.9 Å². The minimum absolute atomic E-state index is 0.0340. The van der Waals surface area contributed by atoms with Crippen molar-refractivity contribution < 1.29 is 4.79 Å². The monoisotopic (exact) mass is 291 g/mol. The zero-order valence-electron chi connectivity index (χ0n) is 12.0. The number of hydrogen-bond donors (Lipinski definition) is 1. The molecule has 0 aromatic carbocycles. The molecule has 0 spiro atoms. The Morgan fingerprint density at radius 3 is 2.95 bits per heavy atom. The first kappa shape index (κ1) is 14.7. The Bertz CT molecular complexity index is 560. The molecule has 20 heavy (non-hydrogen) atoms. The number of carbonyl (C=O) groups is 1. The van der Waals surface area contributed by atoms with Crippen molar-refractivity contribution in [2.75, 3.05) is 19.3 Å². The van der Waals surface area contributed by atoms with Crippen LogP contribution in [0.15, 0.2) is 29.8 Å². The molecular formula is C15H21N3OS. The van der Waals surface area contributed by atoms with E-state index in [1.165, 1.54) is 4.88 Å². The number of thiophene rings is 1. The van der Waals surface area contributed by atoms with Crippen LogP contribution in [0.5, 0.6) is 0 Å². The van der Waals surface area contributed by atoms with Gasteiger partial charge in [0.1, 0.15) is 5.69 Å². The topological polar surface area (TPSA) is 51.3 Å². The predicted molar refractivity (Wildman–Crippen MR) is 84.1 cm³/mol. The van der Waals surface area contributed by atoms with Gasteiger partial charge in [-0.15, -0.1) is 11.3 Å². The van der Waals surface area contributed by atoms with Crippen molar-refractivity contribution in [3.05, 3.63) is 40.3 Å². The minimum atomic E-state index is 0.0340. The Balaban J connectivity index is 2.02. The van der Waals surface area contributed by atoms with E-state index in [1.54, 1.807) is 22.3 Å². The zero-order chi connectivity index (χ0) is 14.5. The Morgan fingerprint density at radius 1 is 1.50 bits per heavy atom. The average molecular weight is 291 g/mol. The van der Waals surface area contributed by atoms with Crippen molar-refractivity contribution in [3.8, 4) is 0 Å². The number of hydrogen-bond acceptors (Lipinski definition) is 3. The van der Waals surface area contributed by atoms with Gasteiger partial charge >= 0.3 is 0 Å². The van der Waals surface area contributed by atoms with Gasteiger partial charge in [0.2, 0.25) is 0 Å². The summed E-state index contributed by atoms with van der Waals surface area (Å²) in [5.74, 6) is 0.0340. The second-order valence-electron chi connectivity index (χ2n) is 4.91. The molecule has 5 heteroatoms. The summed E-state index contributed by atoms with van der Waals surface area (Å²) in [4.78, 5) is 15.5. The van der Waals surface area contributed by atoms with E-state index >= 15 is 0 Å². The molecule has 2 aromatic rings. The lowest BCUT2D eigenvalue weighted by Crippen LogP contribution is -2.30. The molecule has 0 unspecified atom stereocenters. The fourth-order valence-electron chi connectivity index (χ4n) is 2.17. The third-order valence-corrected chi connectivity index (χ3v) is 4.16. The summed E-state index contributed by atoms with van der Waals surface area (Å²) in [6.45, 7) is 3.62. The van der Waals surface area contributed by atoms with E-state index in [9.17, 15) is 4.79 Å². The van der Waals surface area contributed by atoms with E-state index in [0.717, 1.165) is 25.9 Å². The van der Waals surface area contributed by atoms with E-state index in [2.05, 4.69) is 18.4 Å². The van der Waals surface area contributed by atoms with E-state index < -0.39 is 0 Å². The van der Waals surface area contributed by atoms with Crippen molar-refractivity contribution in [2.45, 2.75) is 26.3 Å². The number of anilines is 1. The molecule has 4 nitrogen and oxygen atoms in total. The molecular weight excluding hydrogens is 270 g/mol. The second-order valence-corrected chi connectivity index (χ2v) is 5.94. The SMILES string of the molecule is CCCn1cc(N)cc1C(=O)N(C)CCc1cccs1. The van der Waals surface area contributed by atoms with Gasteiger partial charge in [0.15, 0.2) is 0 Å². The fraction of sp³-hybridized carbons (Fsp3) is 0.400. The largest absolute Gasteiger partial charge is 0.397 e. The van der Waals surface area contributed by atoms with Crippen molar-refractivity contribution >= 4 is 22.9 Å². The van der Waals surface area contributed by atoms with Gasteiger partial charge in [0.05, 0.1) is 5.69 Å². The first-order valence-corrected chi connectivity index (χ1v) is 7.73. The molecule has 0 fully saturated rings. The summed E-state index contributed by atoms with van der Waals surface area (Å²) in [7, 11) is 1.84. The number of likely N-dealkylation sites (N-methyl/N-ethyl adjacent to an activating group) is 1. The molecule has 0 aliphatic heterocycles. The van der Waals surface area contributed by atoms with Crippen LogP contribution in [0, 0.1) is 0 Å². The molecule has 0 aliphatic rings. The molecule has 0 saturated heterocycles. The number of rotatable bonds is 6. The van der Waals surface area contributed by atoms with Crippen molar-refractivity contribution in [1.82, 2.24) is 9.47 Å². The van der Waals surface area contributed by atoms with Crippen LogP contribution in [0.2, 0.25) is 0 Å². The molecule has 2 N–H and O–H groups in total. The van der Waals surface area contributed by atoms with Crippen LogP contribution >= 0.6 is 11.3 Å². The van der Waals surface area contributed by atoms with Gasteiger partial charge in [0.25, 0.3) is 5.91 Å². The number of carbonyl (C=O) groups excluding carboxylic acids is 1. The van der Waals surface area contributed by atoms with Crippen LogP contribution in [-0.2, 0) is 13.0 Å². The number of amides is 1. The number of nitrogen functional groups attached to an aromatic ring is 1. The van der Waals surface area contributed by atoms with E-state index in [-0.39, 0.29) is 5.91 Å². The Labute approximate surface area is 123 Å². The van der Waals surface area contributed by atoms with E-state index in [0.29, 0.717) is 11.4 Å². The van der Waals surface area contributed by atoms with Crippen LogP contribution in [0.4, 0.5) is 5.69 Å². The molecule has 2 aromatic heterocycles. The summed E-state index contributed by atoms with van der Waals surface area (Å²) in [5, 5.41) is 2.06. The Kier molecular flexibility index (Phi) is 4.84. The Hall–Kier alpha value is -1.75. The highest BCUT2D eigenvalue weighted by Crippen LogP contribution is 2.15. The maximum absolute atomic E-state index is 12.5. The molecule has 2 rings (SSSR count). The van der Waals surface area contributed by atoms with Crippen LogP contribution in [0.1, 0.15) is 28.7 Å².